The molecule has 0 saturated carbocycles. The molecule has 0 aliphatic heterocycles. The van der Waals surface area contributed by atoms with E-state index in [0.717, 1.165) is 4.88 Å². The summed E-state index contributed by atoms with van der Waals surface area (Å²) in [5.41, 5.74) is -0.165. The minimum Gasteiger partial charge on any atom is -0.310 e. The molecule has 0 amide bonds. The van der Waals surface area contributed by atoms with Crippen LogP contribution in [0.5, 0.6) is 0 Å². The first-order valence-corrected chi connectivity index (χ1v) is 6.76. The molecular formula is C14H14F3NS. The van der Waals surface area contributed by atoms with Crippen molar-refractivity contribution in [1.29, 1.82) is 0 Å². The van der Waals surface area contributed by atoms with Gasteiger partial charge in [-0.05, 0) is 12.1 Å². The maximum absolute atomic E-state index is 13.6. The Morgan fingerprint density at radius 2 is 1.74 bits per heavy atom. The van der Waals surface area contributed by atoms with Gasteiger partial charge in [0.1, 0.15) is 17.5 Å². The van der Waals surface area contributed by atoms with E-state index in [-0.39, 0.29) is 5.56 Å². The van der Waals surface area contributed by atoms with Crippen molar-refractivity contribution in [2.24, 2.45) is 0 Å². The Bertz CT molecular complexity index is 555. The maximum atomic E-state index is 13.6. The number of rotatable bonds is 4. The van der Waals surface area contributed by atoms with Crippen LogP contribution in [0, 0.1) is 17.5 Å². The Kier molecular flexibility index (Phi) is 4.27. The molecule has 102 valence electrons. The highest BCUT2D eigenvalue weighted by molar-refractivity contribution is 7.15. The molecule has 2 rings (SSSR count). The fourth-order valence-electron chi connectivity index (χ4n) is 1.69. The number of hydrogen-bond donors (Lipinski definition) is 1. The molecule has 1 aromatic heterocycles. The van der Waals surface area contributed by atoms with Crippen LogP contribution in [-0.2, 0) is 6.54 Å². The maximum Gasteiger partial charge on any atom is 0.137 e. The number of benzene rings is 1. The van der Waals surface area contributed by atoms with Crippen LogP contribution in [0.4, 0.5) is 13.2 Å². The smallest absolute Gasteiger partial charge is 0.137 e. The highest BCUT2D eigenvalue weighted by atomic mass is 32.1. The van der Waals surface area contributed by atoms with Gasteiger partial charge in [-0.2, -0.15) is 0 Å². The minimum atomic E-state index is -0.906. The van der Waals surface area contributed by atoms with Crippen molar-refractivity contribution in [3.05, 3.63) is 46.6 Å². The van der Waals surface area contributed by atoms with Crippen molar-refractivity contribution in [3.8, 4) is 10.4 Å². The molecule has 5 heteroatoms. The van der Waals surface area contributed by atoms with E-state index >= 15 is 0 Å². The average Bonchev–Trinajstić information content (AvgIpc) is 2.73. The molecule has 1 heterocycles. The van der Waals surface area contributed by atoms with Gasteiger partial charge in [-0.1, -0.05) is 13.8 Å². The summed E-state index contributed by atoms with van der Waals surface area (Å²) < 4.78 is 40.1. The number of nitrogens with one attached hydrogen (secondary N) is 1. The fraction of sp³-hybridized carbons (Fsp3) is 0.286. The Morgan fingerprint density at radius 3 is 2.32 bits per heavy atom. The van der Waals surface area contributed by atoms with E-state index in [1.165, 1.54) is 11.3 Å². The summed E-state index contributed by atoms with van der Waals surface area (Å²) in [7, 11) is 0. The second kappa shape index (κ2) is 5.75. The summed E-state index contributed by atoms with van der Waals surface area (Å²) in [6.45, 7) is 4.69. The van der Waals surface area contributed by atoms with Crippen LogP contribution in [0.3, 0.4) is 0 Å². The molecule has 0 aliphatic rings. The van der Waals surface area contributed by atoms with Crippen molar-refractivity contribution >= 4 is 11.3 Å². The first-order valence-electron chi connectivity index (χ1n) is 5.94. The van der Waals surface area contributed by atoms with Gasteiger partial charge >= 0.3 is 0 Å². The molecule has 0 radical (unpaired) electrons. The highest BCUT2D eigenvalue weighted by Crippen LogP contribution is 2.32. The zero-order valence-corrected chi connectivity index (χ0v) is 11.5. The molecule has 1 aromatic carbocycles. The van der Waals surface area contributed by atoms with Gasteiger partial charge in [0.05, 0.1) is 5.56 Å². The van der Waals surface area contributed by atoms with E-state index in [1.807, 2.05) is 19.9 Å². The summed E-state index contributed by atoms with van der Waals surface area (Å²) in [6, 6.07) is 5.21. The lowest BCUT2D eigenvalue weighted by molar-refractivity contribution is 0.548. The molecule has 19 heavy (non-hydrogen) atoms. The van der Waals surface area contributed by atoms with Gasteiger partial charge < -0.3 is 5.32 Å². The van der Waals surface area contributed by atoms with Crippen molar-refractivity contribution in [1.82, 2.24) is 5.32 Å². The normalized spacial score (nSPS) is 11.3. The van der Waals surface area contributed by atoms with E-state index in [9.17, 15) is 13.2 Å². The predicted molar refractivity (Wildman–Crippen MR) is 71.6 cm³/mol. The zero-order valence-electron chi connectivity index (χ0n) is 10.6. The van der Waals surface area contributed by atoms with Crippen LogP contribution in [0.2, 0.25) is 0 Å². The first-order chi connectivity index (χ1) is 8.97. The lowest BCUT2D eigenvalue weighted by Gasteiger charge is -2.05. The van der Waals surface area contributed by atoms with Gasteiger partial charge in [-0.3, -0.25) is 0 Å². The van der Waals surface area contributed by atoms with E-state index in [2.05, 4.69) is 5.32 Å². The monoisotopic (exact) mass is 285 g/mol. The first kappa shape index (κ1) is 14.1. The predicted octanol–water partition coefficient (Wildman–Crippen LogP) is 4.33. The molecule has 0 aliphatic carbocycles. The van der Waals surface area contributed by atoms with E-state index < -0.39 is 17.5 Å². The topological polar surface area (TPSA) is 12.0 Å². The summed E-state index contributed by atoms with van der Waals surface area (Å²) in [5, 5.41) is 3.23. The van der Waals surface area contributed by atoms with Crippen molar-refractivity contribution in [2.45, 2.75) is 26.4 Å². The Morgan fingerprint density at radius 1 is 1.11 bits per heavy atom. The van der Waals surface area contributed by atoms with E-state index in [1.54, 1.807) is 6.07 Å². The Labute approximate surface area is 114 Å². The lowest BCUT2D eigenvalue weighted by atomic mass is 10.1. The molecule has 0 saturated heterocycles. The lowest BCUT2D eigenvalue weighted by Crippen LogP contribution is -2.21. The molecule has 0 bridgehead atoms. The zero-order chi connectivity index (χ0) is 14.0. The van der Waals surface area contributed by atoms with Crippen molar-refractivity contribution in [2.75, 3.05) is 0 Å². The largest absolute Gasteiger partial charge is 0.310 e. The Balaban J connectivity index is 2.28. The number of halogens is 3. The molecular weight excluding hydrogens is 271 g/mol. The third-order valence-corrected chi connectivity index (χ3v) is 3.70. The summed E-state index contributed by atoms with van der Waals surface area (Å²) in [6.07, 6.45) is 0. The molecule has 0 fully saturated rings. The van der Waals surface area contributed by atoms with Crippen LogP contribution < -0.4 is 5.32 Å². The van der Waals surface area contributed by atoms with Crippen molar-refractivity contribution in [3.63, 3.8) is 0 Å². The van der Waals surface area contributed by atoms with Gasteiger partial charge in [0.2, 0.25) is 0 Å². The summed E-state index contributed by atoms with van der Waals surface area (Å²) in [4.78, 5) is 1.45. The van der Waals surface area contributed by atoms with Crippen molar-refractivity contribution < 1.29 is 13.2 Å². The molecule has 0 spiro atoms. The standard InChI is InChI=1S/C14H14F3NS/c1-8(2)18-7-10-3-4-13(19-10)14-11(16)5-9(15)6-12(14)17/h3-6,8,18H,7H2,1-2H3. The van der Waals surface area contributed by atoms with Gasteiger partial charge in [-0.25, -0.2) is 13.2 Å². The van der Waals surface area contributed by atoms with Gasteiger partial charge in [0, 0.05) is 34.5 Å². The van der Waals surface area contributed by atoms with Crippen LogP contribution in [0.1, 0.15) is 18.7 Å². The summed E-state index contributed by atoms with van der Waals surface area (Å²) in [5.74, 6) is -2.65. The third kappa shape index (κ3) is 3.36. The van der Waals surface area contributed by atoms with E-state index in [4.69, 9.17) is 0 Å². The highest BCUT2D eigenvalue weighted by Gasteiger charge is 2.15. The SMILES string of the molecule is CC(C)NCc1ccc(-c2c(F)cc(F)cc2F)s1. The van der Waals surface area contributed by atoms with Crippen LogP contribution >= 0.6 is 11.3 Å². The molecule has 1 nitrogen and oxygen atoms in total. The fourth-order valence-corrected chi connectivity index (χ4v) is 2.70. The quantitative estimate of drug-likeness (QED) is 0.881. The second-order valence-electron chi connectivity index (χ2n) is 4.55. The molecule has 2 aromatic rings. The number of hydrogen-bond acceptors (Lipinski definition) is 2. The minimum absolute atomic E-state index is 0.165. The van der Waals surface area contributed by atoms with Gasteiger partial charge in [0.15, 0.2) is 0 Å². The van der Waals surface area contributed by atoms with Crippen LogP contribution in [-0.4, -0.2) is 6.04 Å². The number of thiophene rings is 1. The van der Waals surface area contributed by atoms with Gasteiger partial charge in [-0.15, -0.1) is 11.3 Å². The Hall–Kier alpha value is -1.33. The molecule has 0 atom stereocenters. The van der Waals surface area contributed by atoms with Crippen LogP contribution in [0.15, 0.2) is 24.3 Å². The van der Waals surface area contributed by atoms with Crippen LogP contribution in [0.25, 0.3) is 10.4 Å². The molecule has 1 N–H and O–H groups in total. The van der Waals surface area contributed by atoms with Gasteiger partial charge in [0.25, 0.3) is 0 Å². The summed E-state index contributed by atoms with van der Waals surface area (Å²) >= 11 is 1.30. The second-order valence-corrected chi connectivity index (χ2v) is 5.71. The van der Waals surface area contributed by atoms with E-state index in [0.29, 0.717) is 29.6 Å². The average molecular weight is 285 g/mol. The molecule has 0 unspecified atom stereocenters. The third-order valence-electron chi connectivity index (χ3n) is 2.60.